The number of rotatable bonds is 4. The Labute approximate surface area is 172 Å². The van der Waals surface area contributed by atoms with E-state index in [2.05, 4.69) is 0 Å². The molecular weight excluding hydrogens is 380 g/mol. The standard InChI is InChI=1S/C26H19F2NO/c27-17-26(30,23-11-12-24(28)22-9-5-4-8-21(22)23)19-10-13-25-18(16-19)14-15-29(25)20-6-2-1-3-7-20/h1-16,30H,17H2. The van der Waals surface area contributed by atoms with E-state index < -0.39 is 18.1 Å². The first-order chi connectivity index (χ1) is 14.6. The van der Waals surface area contributed by atoms with Gasteiger partial charge in [-0.25, -0.2) is 8.78 Å². The Balaban J connectivity index is 1.68. The molecule has 0 saturated heterocycles. The van der Waals surface area contributed by atoms with E-state index in [1.807, 2.05) is 53.2 Å². The first-order valence-electron chi connectivity index (χ1n) is 9.75. The van der Waals surface area contributed by atoms with Crippen LogP contribution in [0.1, 0.15) is 11.1 Å². The van der Waals surface area contributed by atoms with Crippen molar-refractivity contribution in [1.29, 1.82) is 0 Å². The molecule has 0 amide bonds. The van der Waals surface area contributed by atoms with E-state index in [1.165, 1.54) is 12.1 Å². The average Bonchev–Trinajstić information content (AvgIpc) is 3.23. The lowest BCUT2D eigenvalue weighted by Crippen LogP contribution is -2.30. The normalized spacial score (nSPS) is 13.6. The molecule has 5 rings (SSSR count). The molecule has 148 valence electrons. The number of benzene rings is 4. The highest BCUT2D eigenvalue weighted by Crippen LogP contribution is 2.37. The Morgan fingerprint density at radius 2 is 1.53 bits per heavy atom. The number of fused-ring (bicyclic) bond motifs is 2. The van der Waals surface area contributed by atoms with Crippen LogP contribution in [0.4, 0.5) is 8.78 Å². The lowest BCUT2D eigenvalue weighted by atomic mass is 9.84. The smallest absolute Gasteiger partial charge is 0.143 e. The van der Waals surface area contributed by atoms with Gasteiger partial charge in [0.15, 0.2) is 0 Å². The van der Waals surface area contributed by atoms with Gasteiger partial charge in [-0.3, -0.25) is 0 Å². The quantitative estimate of drug-likeness (QED) is 0.386. The number of aromatic nitrogens is 1. The number of hydrogen-bond donors (Lipinski definition) is 1. The van der Waals surface area contributed by atoms with Crippen LogP contribution in [0.15, 0.2) is 97.2 Å². The third kappa shape index (κ3) is 2.80. The molecule has 1 N–H and O–H groups in total. The lowest BCUT2D eigenvalue weighted by molar-refractivity contribution is 0.0533. The lowest BCUT2D eigenvalue weighted by Gasteiger charge is -2.28. The second-order valence-electron chi connectivity index (χ2n) is 7.43. The van der Waals surface area contributed by atoms with E-state index >= 15 is 0 Å². The van der Waals surface area contributed by atoms with Gasteiger partial charge in [0.25, 0.3) is 0 Å². The molecule has 0 spiro atoms. The van der Waals surface area contributed by atoms with Gasteiger partial charge in [0.05, 0.1) is 5.52 Å². The first kappa shape index (κ1) is 18.5. The molecule has 30 heavy (non-hydrogen) atoms. The third-order valence-corrected chi connectivity index (χ3v) is 5.71. The van der Waals surface area contributed by atoms with Crippen molar-refractivity contribution in [2.75, 3.05) is 6.67 Å². The molecule has 1 unspecified atom stereocenters. The topological polar surface area (TPSA) is 25.2 Å². The molecular formula is C26H19F2NO. The Hall–Kier alpha value is -3.50. The SMILES string of the molecule is OC(CF)(c1ccc2c(ccn2-c2ccccc2)c1)c1ccc(F)c2ccccc12. The van der Waals surface area contributed by atoms with E-state index in [-0.39, 0.29) is 0 Å². The van der Waals surface area contributed by atoms with E-state index in [9.17, 15) is 13.9 Å². The van der Waals surface area contributed by atoms with Gasteiger partial charge >= 0.3 is 0 Å². The minimum atomic E-state index is -1.88. The fraction of sp³-hybridized carbons (Fsp3) is 0.0769. The summed E-state index contributed by atoms with van der Waals surface area (Å²) in [7, 11) is 0. The Bertz CT molecular complexity index is 1360. The van der Waals surface area contributed by atoms with E-state index in [1.54, 1.807) is 36.4 Å². The Kier molecular flexibility index (Phi) is 4.37. The molecule has 0 aliphatic rings. The highest BCUT2D eigenvalue weighted by Gasteiger charge is 2.34. The van der Waals surface area contributed by atoms with E-state index in [0.717, 1.165) is 16.6 Å². The van der Waals surface area contributed by atoms with Crippen molar-refractivity contribution in [2.45, 2.75) is 5.60 Å². The van der Waals surface area contributed by atoms with Crippen LogP contribution in [-0.2, 0) is 5.60 Å². The van der Waals surface area contributed by atoms with Gasteiger partial charge in [0.2, 0.25) is 0 Å². The maximum absolute atomic E-state index is 14.4. The van der Waals surface area contributed by atoms with Crippen LogP contribution >= 0.6 is 0 Å². The Morgan fingerprint density at radius 3 is 2.30 bits per heavy atom. The zero-order valence-electron chi connectivity index (χ0n) is 16.1. The second-order valence-corrected chi connectivity index (χ2v) is 7.43. The highest BCUT2D eigenvalue weighted by atomic mass is 19.1. The summed E-state index contributed by atoms with van der Waals surface area (Å²) in [5, 5.41) is 13.2. The summed E-state index contributed by atoms with van der Waals surface area (Å²) in [6, 6.07) is 26.8. The molecule has 0 aliphatic heterocycles. The van der Waals surface area contributed by atoms with E-state index in [0.29, 0.717) is 21.9 Å². The summed E-state index contributed by atoms with van der Waals surface area (Å²) in [4.78, 5) is 0. The van der Waals surface area contributed by atoms with Crippen LogP contribution in [0.25, 0.3) is 27.4 Å². The van der Waals surface area contributed by atoms with Crippen molar-refractivity contribution in [3.8, 4) is 5.69 Å². The molecule has 1 aromatic heterocycles. The molecule has 1 atom stereocenters. The third-order valence-electron chi connectivity index (χ3n) is 5.71. The molecule has 0 radical (unpaired) electrons. The summed E-state index contributed by atoms with van der Waals surface area (Å²) in [5.41, 5.74) is 0.876. The fourth-order valence-corrected chi connectivity index (χ4v) is 4.14. The zero-order chi connectivity index (χ0) is 20.7. The van der Waals surface area contributed by atoms with Gasteiger partial charge in [0, 0.05) is 22.7 Å². The zero-order valence-corrected chi connectivity index (χ0v) is 16.1. The molecule has 2 nitrogen and oxygen atoms in total. The second kappa shape index (κ2) is 7.08. The van der Waals surface area contributed by atoms with Crippen molar-refractivity contribution in [3.63, 3.8) is 0 Å². The number of halogens is 2. The van der Waals surface area contributed by atoms with Gasteiger partial charge in [-0.2, -0.15) is 0 Å². The van der Waals surface area contributed by atoms with Gasteiger partial charge in [0.1, 0.15) is 18.1 Å². The predicted molar refractivity (Wildman–Crippen MR) is 116 cm³/mol. The maximum Gasteiger partial charge on any atom is 0.143 e. The van der Waals surface area contributed by atoms with Gasteiger partial charge in [-0.15, -0.1) is 0 Å². The minimum Gasteiger partial charge on any atom is -0.378 e. The average molecular weight is 399 g/mol. The minimum absolute atomic E-state index is 0.351. The number of aliphatic hydroxyl groups is 1. The monoisotopic (exact) mass is 399 g/mol. The molecule has 1 heterocycles. The largest absolute Gasteiger partial charge is 0.378 e. The van der Waals surface area contributed by atoms with Crippen LogP contribution in [0, 0.1) is 5.82 Å². The van der Waals surface area contributed by atoms with Crippen LogP contribution < -0.4 is 0 Å². The van der Waals surface area contributed by atoms with Gasteiger partial charge in [-0.1, -0.05) is 54.6 Å². The Morgan fingerprint density at radius 1 is 0.800 bits per heavy atom. The summed E-state index contributed by atoms with van der Waals surface area (Å²) >= 11 is 0. The van der Waals surface area contributed by atoms with Crippen molar-refractivity contribution in [3.05, 3.63) is 114 Å². The predicted octanol–water partition coefficient (Wildman–Crippen LogP) is 6.13. The maximum atomic E-state index is 14.4. The fourth-order valence-electron chi connectivity index (χ4n) is 4.14. The van der Waals surface area contributed by atoms with Crippen molar-refractivity contribution >= 4 is 21.7 Å². The van der Waals surface area contributed by atoms with Crippen LogP contribution in [-0.4, -0.2) is 16.3 Å². The van der Waals surface area contributed by atoms with Gasteiger partial charge in [-0.05, 0) is 52.9 Å². The molecule has 5 aromatic rings. The highest BCUT2D eigenvalue weighted by molar-refractivity contribution is 5.88. The van der Waals surface area contributed by atoms with Crippen LogP contribution in [0.5, 0.6) is 0 Å². The summed E-state index contributed by atoms with van der Waals surface area (Å²) < 4.78 is 30.7. The first-order valence-corrected chi connectivity index (χ1v) is 9.75. The van der Waals surface area contributed by atoms with Crippen molar-refractivity contribution < 1.29 is 13.9 Å². The van der Waals surface area contributed by atoms with Crippen LogP contribution in [0.2, 0.25) is 0 Å². The van der Waals surface area contributed by atoms with Crippen LogP contribution in [0.3, 0.4) is 0 Å². The summed E-state index contributed by atoms with van der Waals surface area (Å²) in [6.45, 7) is -1.02. The number of para-hydroxylation sites is 1. The number of hydrogen-bond acceptors (Lipinski definition) is 1. The molecule has 4 heteroatoms. The molecule has 0 saturated carbocycles. The van der Waals surface area contributed by atoms with Gasteiger partial charge < -0.3 is 9.67 Å². The number of nitrogens with zero attached hydrogens (tertiary/aromatic N) is 1. The summed E-state index contributed by atoms with van der Waals surface area (Å²) in [5.74, 6) is -0.397. The van der Waals surface area contributed by atoms with Crippen molar-refractivity contribution in [2.24, 2.45) is 0 Å². The molecule has 0 fully saturated rings. The molecule has 0 aliphatic carbocycles. The summed E-state index contributed by atoms with van der Waals surface area (Å²) in [6.07, 6.45) is 1.95. The van der Waals surface area contributed by atoms with Crippen molar-refractivity contribution in [1.82, 2.24) is 4.57 Å². The molecule has 0 bridgehead atoms. The number of alkyl halides is 1. The molecule has 4 aromatic carbocycles. The van der Waals surface area contributed by atoms with E-state index in [4.69, 9.17) is 0 Å².